The highest BCUT2D eigenvalue weighted by Crippen LogP contribution is 2.28. The van der Waals surface area contributed by atoms with Crippen LogP contribution in [0.1, 0.15) is 27.3 Å². The van der Waals surface area contributed by atoms with Gasteiger partial charge in [0.05, 0.1) is 16.9 Å². The summed E-state index contributed by atoms with van der Waals surface area (Å²) in [6.45, 7) is 1.75. The van der Waals surface area contributed by atoms with Gasteiger partial charge in [0.1, 0.15) is 5.69 Å². The lowest BCUT2D eigenvalue weighted by molar-refractivity contribution is -0.141. The molecule has 1 N–H and O–H groups in total. The molecule has 5 nitrogen and oxygen atoms in total. The molecule has 2 aromatic heterocycles. The Balaban J connectivity index is 1.57. The number of aryl methyl sites for hydroxylation is 1. The zero-order valence-electron chi connectivity index (χ0n) is 14.5. The first kappa shape index (κ1) is 18.6. The molecule has 0 fully saturated rings. The number of nitrogens with zero attached hydrogens (tertiary/aromatic N) is 3. The normalized spacial score (nSPS) is 11.4. The smallest absolute Gasteiger partial charge is 0.352 e. The zero-order valence-corrected chi connectivity index (χ0v) is 14.5. The van der Waals surface area contributed by atoms with Crippen molar-refractivity contribution < 1.29 is 18.0 Å². The number of carbonyl (C=O) groups is 1. The van der Waals surface area contributed by atoms with Crippen molar-refractivity contribution in [1.29, 1.82) is 0 Å². The van der Waals surface area contributed by atoms with Crippen LogP contribution >= 0.6 is 0 Å². The van der Waals surface area contributed by atoms with Crippen molar-refractivity contribution in [2.45, 2.75) is 19.5 Å². The molecule has 0 unspecified atom stereocenters. The molecular weight excluding hydrogens is 357 g/mol. The molecule has 0 saturated carbocycles. The summed E-state index contributed by atoms with van der Waals surface area (Å²) >= 11 is 0. The van der Waals surface area contributed by atoms with Gasteiger partial charge in [0.15, 0.2) is 0 Å². The molecule has 0 aliphatic rings. The Bertz CT molecular complexity index is 919. The predicted molar refractivity (Wildman–Crippen MR) is 93.6 cm³/mol. The maximum absolute atomic E-state index is 12.6. The first-order chi connectivity index (χ1) is 12.8. The zero-order chi connectivity index (χ0) is 19.4. The van der Waals surface area contributed by atoms with E-state index in [1.165, 1.54) is 6.92 Å². The van der Waals surface area contributed by atoms with E-state index in [0.717, 1.165) is 23.4 Å². The second-order valence-electron chi connectivity index (χ2n) is 5.95. The number of aromatic nitrogens is 3. The number of hydrogen-bond donors (Lipinski definition) is 1. The summed E-state index contributed by atoms with van der Waals surface area (Å²) < 4.78 is 39.7. The van der Waals surface area contributed by atoms with Crippen molar-refractivity contribution in [3.8, 4) is 5.69 Å². The van der Waals surface area contributed by atoms with E-state index in [0.29, 0.717) is 13.0 Å². The van der Waals surface area contributed by atoms with Gasteiger partial charge in [-0.25, -0.2) is 9.67 Å². The fraction of sp³-hybridized carbons (Fsp3) is 0.211. The van der Waals surface area contributed by atoms with Crippen molar-refractivity contribution >= 4 is 5.91 Å². The van der Waals surface area contributed by atoms with Crippen molar-refractivity contribution in [3.05, 3.63) is 77.4 Å². The fourth-order valence-corrected chi connectivity index (χ4v) is 2.61. The lowest BCUT2D eigenvalue weighted by atomic mass is 10.1. The SMILES string of the molecule is Cc1nc(C(F)(F)F)ccc1C(=O)NCCc1ccc(-n2cccn2)cc1. The molecule has 140 valence electrons. The van der Waals surface area contributed by atoms with E-state index in [4.69, 9.17) is 0 Å². The van der Waals surface area contributed by atoms with Gasteiger partial charge < -0.3 is 5.32 Å². The summed E-state index contributed by atoms with van der Waals surface area (Å²) in [7, 11) is 0. The summed E-state index contributed by atoms with van der Waals surface area (Å²) in [5.74, 6) is -0.443. The highest BCUT2D eigenvalue weighted by Gasteiger charge is 2.33. The third kappa shape index (κ3) is 4.52. The second-order valence-corrected chi connectivity index (χ2v) is 5.95. The van der Waals surface area contributed by atoms with Gasteiger partial charge >= 0.3 is 6.18 Å². The van der Waals surface area contributed by atoms with Gasteiger partial charge in [-0.3, -0.25) is 4.79 Å². The molecule has 0 aliphatic carbocycles. The Morgan fingerprint density at radius 3 is 2.48 bits per heavy atom. The molecular formula is C19H17F3N4O. The minimum absolute atomic E-state index is 0.0471. The average molecular weight is 374 g/mol. The van der Waals surface area contributed by atoms with Crippen LogP contribution in [0.5, 0.6) is 0 Å². The van der Waals surface area contributed by atoms with Crippen molar-refractivity contribution in [3.63, 3.8) is 0 Å². The van der Waals surface area contributed by atoms with E-state index in [2.05, 4.69) is 15.4 Å². The van der Waals surface area contributed by atoms with Crippen LogP contribution in [0, 0.1) is 6.92 Å². The molecule has 1 aromatic carbocycles. The van der Waals surface area contributed by atoms with Crippen LogP contribution < -0.4 is 5.32 Å². The number of amides is 1. The highest BCUT2D eigenvalue weighted by molar-refractivity contribution is 5.95. The Hall–Kier alpha value is -3.16. The molecule has 0 saturated heterocycles. The number of pyridine rings is 1. The molecule has 0 bridgehead atoms. The van der Waals surface area contributed by atoms with Gasteiger partial charge in [0.2, 0.25) is 0 Å². The molecule has 27 heavy (non-hydrogen) atoms. The fourth-order valence-electron chi connectivity index (χ4n) is 2.61. The Kier molecular flexibility index (Phi) is 5.25. The molecule has 0 spiro atoms. The van der Waals surface area contributed by atoms with Gasteiger partial charge in [-0.15, -0.1) is 0 Å². The van der Waals surface area contributed by atoms with Crippen LogP contribution in [-0.4, -0.2) is 27.2 Å². The number of hydrogen-bond acceptors (Lipinski definition) is 3. The molecule has 0 radical (unpaired) electrons. The average Bonchev–Trinajstić information content (AvgIpc) is 3.16. The van der Waals surface area contributed by atoms with Gasteiger partial charge in [-0.2, -0.15) is 18.3 Å². The monoisotopic (exact) mass is 374 g/mol. The minimum atomic E-state index is -4.53. The van der Waals surface area contributed by atoms with Crippen LogP contribution in [0.15, 0.2) is 54.9 Å². The van der Waals surface area contributed by atoms with Crippen LogP contribution in [0.4, 0.5) is 13.2 Å². The number of alkyl halides is 3. The van der Waals surface area contributed by atoms with E-state index >= 15 is 0 Å². The summed E-state index contributed by atoms with van der Waals surface area (Å²) in [5.41, 5.74) is 1.13. The maximum atomic E-state index is 12.6. The minimum Gasteiger partial charge on any atom is -0.352 e. The molecule has 1 amide bonds. The molecule has 0 aliphatic heterocycles. The Labute approximate surface area is 153 Å². The van der Waals surface area contributed by atoms with Crippen molar-refractivity contribution in [2.75, 3.05) is 6.54 Å². The van der Waals surface area contributed by atoms with Gasteiger partial charge in [-0.05, 0) is 49.2 Å². The third-order valence-electron chi connectivity index (χ3n) is 4.03. The summed E-state index contributed by atoms with van der Waals surface area (Å²) in [4.78, 5) is 15.7. The highest BCUT2D eigenvalue weighted by atomic mass is 19.4. The van der Waals surface area contributed by atoms with Crippen molar-refractivity contribution in [1.82, 2.24) is 20.1 Å². The Morgan fingerprint density at radius 2 is 1.89 bits per heavy atom. The predicted octanol–water partition coefficient (Wildman–Crippen LogP) is 3.57. The van der Waals surface area contributed by atoms with Crippen LogP contribution in [-0.2, 0) is 12.6 Å². The van der Waals surface area contributed by atoms with Gasteiger partial charge in [0, 0.05) is 18.9 Å². The second kappa shape index (κ2) is 7.61. The molecule has 3 rings (SSSR count). The van der Waals surface area contributed by atoms with E-state index in [1.54, 1.807) is 10.9 Å². The molecule has 8 heteroatoms. The number of halogens is 3. The molecule has 0 atom stereocenters. The van der Waals surface area contributed by atoms with E-state index in [1.807, 2.05) is 36.5 Å². The summed E-state index contributed by atoms with van der Waals surface area (Å²) in [6, 6.07) is 11.5. The van der Waals surface area contributed by atoms with E-state index in [-0.39, 0.29) is 11.3 Å². The Morgan fingerprint density at radius 1 is 1.15 bits per heavy atom. The number of nitrogens with one attached hydrogen (secondary N) is 1. The largest absolute Gasteiger partial charge is 0.433 e. The topological polar surface area (TPSA) is 59.8 Å². The van der Waals surface area contributed by atoms with Crippen molar-refractivity contribution in [2.24, 2.45) is 0 Å². The number of benzene rings is 1. The maximum Gasteiger partial charge on any atom is 0.433 e. The quantitative estimate of drug-likeness (QED) is 0.743. The lowest BCUT2D eigenvalue weighted by Gasteiger charge is -2.11. The van der Waals surface area contributed by atoms with Crippen LogP contribution in [0.3, 0.4) is 0 Å². The standard InChI is InChI=1S/C19H17F3N4O/c1-13-16(7-8-17(25-13)19(20,21)22)18(27)23-11-9-14-3-5-15(6-4-14)26-12-2-10-24-26/h2-8,10,12H,9,11H2,1H3,(H,23,27). The number of carbonyl (C=O) groups excluding carboxylic acids is 1. The van der Waals surface area contributed by atoms with E-state index in [9.17, 15) is 18.0 Å². The first-order valence-corrected chi connectivity index (χ1v) is 8.26. The molecule has 2 heterocycles. The summed E-state index contributed by atoms with van der Waals surface area (Å²) in [6.07, 6.45) is -0.391. The lowest BCUT2D eigenvalue weighted by Crippen LogP contribution is -2.27. The van der Waals surface area contributed by atoms with Gasteiger partial charge in [-0.1, -0.05) is 12.1 Å². The third-order valence-corrected chi connectivity index (χ3v) is 4.03. The number of rotatable bonds is 5. The van der Waals surface area contributed by atoms with Gasteiger partial charge in [0.25, 0.3) is 5.91 Å². The molecule has 3 aromatic rings. The van der Waals surface area contributed by atoms with E-state index < -0.39 is 17.8 Å². The van der Waals surface area contributed by atoms with Crippen LogP contribution in [0.2, 0.25) is 0 Å². The van der Waals surface area contributed by atoms with Crippen LogP contribution in [0.25, 0.3) is 5.69 Å². The summed E-state index contributed by atoms with van der Waals surface area (Å²) in [5, 5.41) is 6.86. The first-order valence-electron chi connectivity index (χ1n) is 8.26.